The van der Waals surface area contributed by atoms with Crippen LogP contribution in [0.5, 0.6) is 17.2 Å². The van der Waals surface area contributed by atoms with E-state index in [9.17, 15) is 4.79 Å². The Labute approximate surface area is 172 Å². The predicted molar refractivity (Wildman–Crippen MR) is 114 cm³/mol. The van der Waals surface area contributed by atoms with Gasteiger partial charge in [-0.3, -0.25) is 10.1 Å². The highest BCUT2D eigenvalue weighted by Crippen LogP contribution is 2.35. The van der Waals surface area contributed by atoms with Gasteiger partial charge >= 0.3 is 0 Å². The van der Waals surface area contributed by atoms with Gasteiger partial charge in [-0.15, -0.1) is 11.3 Å². The number of fused-ring (bicyclic) bond motifs is 1. The molecule has 0 radical (unpaired) electrons. The van der Waals surface area contributed by atoms with Crippen molar-refractivity contribution in [3.05, 3.63) is 59.5 Å². The van der Waals surface area contributed by atoms with Crippen LogP contribution in [-0.4, -0.2) is 30.7 Å². The Morgan fingerprint density at radius 1 is 1.17 bits per heavy atom. The average molecular weight is 408 g/mol. The molecular weight excluding hydrogens is 388 g/mol. The normalized spacial score (nSPS) is 12.7. The van der Waals surface area contributed by atoms with Crippen molar-refractivity contribution in [2.75, 3.05) is 25.1 Å². The van der Waals surface area contributed by atoms with Gasteiger partial charge in [0.25, 0.3) is 0 Å². The summed E-state index contributed by atoms with van der Waals surface area (Å²) in [4.78, 5) is 16.7. The molecule has 0 saturated carbocycles. The van der Waals surface area contributed by atoms with Crippen molar-refractivity contribution in [2.45, 2.75) is 6.92 Å². The maximum atomic E-state index is 12.2. The van der Waals surface area contributed by atoms with Crippen LogP contribution in [0.2, 0.25) is 0 Å². The van der Waals surface area contributed by atoms with E-state index in [-0.39, 0.29) is 5.91 Å². The number of aromatic nitrogens is 1. The number of hydrogen-bond acceptors (Lipinski definition) is 6. The molecule has 2 heterocycles. The number of hydrogen-bond donors (Lipinski definition) is 1. The van der Waals surface area contributed by atoms with Crippen molar-refractivity contribution in [1.82, 2.24) is 4.98 Å². The molecule has 1 amide bonds. The largest absolute Gasteiger partial charge is 0.494 e. The summed E-state index contributed by atoms with van der Waals surface area (Å²) in [5.41, 5.74) is 2.61. The number of thiazole rings is 1. The molecule has 0 aliphatic carbocycles. The van der Waals surface area contributed by atoms with Gasteiger partial charge < -0.3 is 14.2 Å². The highest BCUT2D eigenvalue weighted by molar-refractivity contribution is 7.14. The zero-order valence-corrected chi connectivity index (χ0v) is 16.7. The van der Waals surface area contributed by atoms with Gasteiger partial charge in [-0.05, 0) is 48.9 Å². The molecule has 4 rings (SSSR count). The molecule has 1 aromatic heterocycles. The summed E-state index contributed by atoms with van der Waals surface area (Å²) in [7, 11) is 0. The molecule has 1 aliphatic heterocycles. The van der Waals surface area contributed by atoms with Crippen LogP contribution in [0, 0.1) is 0 Å². The first-order valence-electron chi connectivity index (χ1n) is 9.29. The van der Waals surface area contributed by atoms with E-state index in [1.54, 1.807) is 6.08 Å². The Morgan fingerprint density at radius 2 is 1.97 bits per heavy atom. The average Bonchev–Trinajstić information content (AvgIpc) is 3.21. The minimum atomic E-state index is -0.234. The van der Waals surface area contributed by atoms with E-state index in [2.05, 4.69) is 10.3 Å². The van der Waals surface area contributed by atoms with E-state index in [1.165, 1.54) is 17.4 Å². The summed E-state index contributed by atoms with van der Waals surface area (Å²) in [5.74, 6) is 2.03. The molecule has 29 heavy (non-hydrogen) atoms. The molecule has 0 atom stereocenters. The van der Waals surface area contributed by atoms with Crippen LogP contribution < -0.4 is 19.5 Å². The van der Waals surface area contributed by atoms with Gasteiger partial charge in [-0.1, -0.05) is 12.1 Å². The Bertz CT molecular complexity index is 1030. The summed E-state index contributed by atoms with van der Waals surface area (Å²) in [6, 6.07) is 13.3. The highest BCUT2D eigenvalue weighted by atomic mass is 32.1. The molecule has 1 N–H and O–H groups in total. The van der Waals surface area contributed by atoms with Gasteiger partial charge in [0, 0.05) is 17.0 Å². The molecule has 148 valence electrons. The molecule has 0 saturated heterocycles. The van der Waals surface area contributed by atoms with Gasteiger partial charge in [0.15, 0.2) is 16.6 Å². The highest BCUT2D eigenvalue weighted by Gasteiger charge is 2.14. The van der Waals surface area contributed by atoms with E-state index in [4.69, 9.17) is 14.2 Å². The van der Waals surface area contributed by atoms with Crippen molar-refractivity contribution in [2.24, 2.45) is 0 Å². The lowest BCUT2D eigenvalue weighted by Gasteiger charge is -2.18. The lowest BCUT2D eigenvalue weighted by Crippen LogP contribution is -2.15. The molecule has 0 spiro atoms. The van der Waals surface area contributed by atoms with Gasteiger partial charge in [0.1, 0.15) is 19.0 Å². The third-order valence-electron chi connectivity index (χ3n) is 4.19. The molecule has 7 heteroatoms. The lowest BCUT2D eigenvalue weighted by atomic mass is 10.1. The summed E-state index contributed by atoms with van der Waals surface area (Å²) in [6.07, 6.45) is 3.24. The van der Waals surface area contributed by atoms with Crippen molar-refractivity contribution >= 4 is 28.5 Å². The number of carbonyl (C=O) groups is 1. The third kappa shape index (κ3) is 4.75. The van der Waals surface area contributed by atoms with Gasteiger partial charge in [0.2, 0.25) is 5.91 Å². The van der Waals surface area contributed by atoms with Gasteiger partial charge in [-0.25, -0.2) is 4.98 Å². The number of nitrogens with one attached hydrogen (secondary N) is 1. The quantitative estimate of drug-likeness (QED) is 0.602. The van der Waals surface area contributed by atoms with Crippen molar-refractivity contribution in [3.8, 4) is 28.5 Å². The molecule has 0 fully saturated rings. The number of carbonyl (C=O) groups excluding carboxylic acids is 1. The van der Waals surface area contributed by atoms with Crippen molar-refractivity contribution < 1.29 is 19.0 Å². The Morgan fingerprint density at radius 3 is 2.76 bits per heavy atom. The first-order chi connectivity index (χ1) is 14.2. The molecule has 0 bridgehead atoms. The number of anilines is 1. The predicted octanol–water partition coefficient (Wildman–Crippen LogP) is 4.63. The summed E-state index contributed by atoms with van der Waals surface area (Å²) >= 11 is 1.37. The van der Waals surface area contributed by atoms with Gasteiger partial charge in [0.05, 0.1) is 12.3 Å². The second-order valence-electron chi connectivity index (χ2n) is 6.22. The first kappa shape index (κ1) is 19.0. The number of rotatable bonds is 6. The van der Waals surface area contributed by atoms with E-state index in [0.29, 0.717) is 30.7 Å². The topological polar surface area (TPSA) is 69.7 Å². The van der Waals surface area contributed by atoms with Gasteiger partial charge in [-0.2, -0.15) is 0 Å². The fourth-order valence-corrected chi connectivity index (χ4v) is 3.55. The lowest BCUT2D eigenvalue weighted by molar-refractivity contribution is -0.111. The Balaban J connectivity index is 1.39. The Kier molecular flexibility index (Phi) is 5.76. The van der Waals surface area contributed by atoms with Crippen LogP contribution in [0.25, 0.3) is 17.3 Å². The smallest absolute Gasteiger partial charge is 0.250 e. The molecule has 2 aromatic carbocycles. The summed E-state index contributed by atoms with van der Waals surface area (Å²) in [5, 5.41) is 5.24. The van der Waals surface area contributed by atoms with E-state index in [1.807, 2.05) is 54.8 Å². The van der Waals surface area contributed by atoms with E-state index < -0.39 is 0 Å². The molecule has 0 unspecified atom stereocenters. The first-order valence-corrected chi connectivity index (χ1v) is 10.2. The monoisotopic (exact) mass is 408 g/mol. The third-order valence-corrected chi connectivity index (χ3v) is 4.95. The van der Waals surface area contributed by atoms with Crippen LogP contribution in [-0.2, 0) is 4.79 Å². The van der Waals surface area contributed by atoms with Crippen LogP contribution in [0.1, 0.15) is 12.5 Å². The van der Waals surface area contributed by atoms with Crippen molar-refractivity contribution in [1.29, 1.82) is 0 Å². The van der Waals surface area contributed by atoms with E-state index >= 15 is 0 Å². The zero-order chi connectivity index (χ0) is 20.1. The second-order valence-corrected chi connectivity index (χ2v) is 7.08. The SMILES string of the molecule is CCOc1ccc(/C=C/C(=O)Nc2nc(-c3ccc4c(c3)OCCO4)cs2)cc1. The zero-order valence-electron chi connectivity index (χ0n) is 15.9. The van der Waals surface area contributed by atoms with E-state index in [0.717, 1.165) is 28.3 Å². The van der Waals surface area contributed by atoms with Crippen LogP contribution in [0.3, 0.4) is 0 Å². The summed E-state index contributed by atoms with van der Waals surface area (Å²) in [6.45, 7) is 3.66. The number of nitrogens with zero attached hydrogens (tertiary/aromatic N) is 1. The minimum Gasteiger partial charge on any atom is -0.494 e. The number of benzene rings is 2. The molecular formula is C22H20N2O4S. The fourth-order valence-electron chi connectivity index (χ4n) is 2.83. The van der Waals surface area contributed by atoms with Crippen molar-refractivity contribution in [3.63, 3.8) is 0 Å². The molecule has 3 aromatic rings. The van der Waals surface area contributed by atoms with Crippen LogP contribution in [0.15, 0.2) is 53.9 Å². The second kappa shape index (κ2) is 8.79. The maximum absolute atomic E-state index is 12.2. The summed E-state index contributed by atoms with van der Waals surface area (Å²) < 4.78 is 16.6. The molecule has 6 nitrogen and oxygen atoms in total. The minimum absolute atomic E-state index is 0.234. The van der Waals surface area contributed by atoms with Crippen LogP contribution in [0.4, 0.5) is 5.13 Å². The number of amides is 1. The fraction of sp³-hybridized carbons (Fsp3) is 0.182. The standard InChI is InChI=1S/C22H20N2O4S/c1-2-26-17-7-3-15(4-8-17)5-10-21(25)24-22-23-18(14-29-22)16-6-9-19-20(13-16)28-12-11-27-19/h3-10,13-14H,2,11-12H2,1H3,(H,23,24,25)/b10-5+. The van der Waals surface area contributed by atoms with Crippen LogP contribution >= 0.6 is 11.3 Å². The molecule has 1 aliphatic rings. The number of ether oxygens (including phenoxy) is 3. The Hall–Kier alpha value is -3.32. The maximum Gasteiger partial charge on any atom is 0.250 e.